The van der Waals surface area contributed by atoms with Crippen LogP contribution in [-0.4, -0.2) is 33.7 Å². The van der Waals surface area contributed by atoms with Gasteiger partial charge in [0.25, 0.3) is 17.5 Å². The van der Waals surface area contributed by atoms with Crippen LogP contribution in [0.25, 0.3) is 17.4 Å². The molecule has 1 aromatic heterocycles. The summed E-state index contributed by atoms with van der Waals surface area (Å²) in [6.07, 6.45) is 5.71. The maximum absolute atomic E-state index is 12.9. The third kappa shape index (κ3) is 3.73. The predicted octanol–water partition coefficient (Wildman–Crippen LogP) is 3.65. The molecule has 4 rings (SSSR count). The highest BCUT2D eigenvalue weighted by atomic mass is 16.6. The Bertz CT molecular complexity index is 1050. The van der Waals surface area contributed by atoms with Crippen molar-refractivity contribution in [3.05, 3.63) is 57.8 Å². The zero-order valence-electron chi connectivity index (χ0n) is 16.0. The van der Waals surface area contributed by atoms with Gasteiger partial charge in [-0.05, 0) is 43.2 Å². The molecule has 2 fully saturated rings. The number of nitro benzene ring substituents is 1. The predicted molar refractivity (Wildman–Crippen MR) is 106 cm³/mol. The molecule has 1 saturated carbocycles. The first-order valence-electron chi connectivity index (χ1n) is 9.69. The lowest BCUT2D eigenvalue weighted by molar-refractivity contribution is -0.384. The molecule has 1 saturated heterocycles. The van der Waals surface area contributed by atoms with Gasteiger partial charge in [-0.15, -0.1) is 0 Å². The van der Waals surface area contributed by atoms with Crippen LogP contribution in [0.4, 0.5) is 10.5 Å². The van der Waals surface area contributed by atoms with Crippen molar-refractivity contribution in [3.8, 4) is 11.3 Å². The van der Waals surface area contributed by atoms with E-state index in [0.29, 0.717) is 11.3 Å². The number of nitrogens with zero attached hydrogens (tertiary/aromatic N) is 2. The first-order valence-corrected chi connectivity index (χ1v) is 9.69. The Morgan fingerprint density at radius 3 is 2.40 bits per heavy atom. The number of nitro groups is 1. The summed E-state index contributed by atoms with van der Waals surface area (Å²) in [5.41, 5.74) is 0.415. The van der Waals surface area contributed by atoms with E-state index < -0.39 is 22.8 Å². The van der Waals surface area contributed by atoms with Gasteiger partial charge in [-0.3, -0.25) is 29.9 Å². The molecule has 2 aromatic rings. The number of hydrogen-bond donors (Lipinski definition) is 1. The van der Waals surface area contributed by atoms with Crippen LogP contribution >= 0.6 is 0 Å². The van der Waals surface area contributed by atoms with Gasteiger partial charge in [-0.25, -0.2) is 4.79 Å². The number of rotatable bonds is 4. The minimum atomic E-state index is -0.759. The van der Waals surface area contributed by atoms with E-state index in [1.165, 1.54) is 18.2 Å². The number of urea groups is 1. The van der Waals surface area contributed by atoms with Gasteiger partial charge in [0.2, 0.25) is 0 Å². The highest BCUT2D eigenvalue weighted by molar-refractivity contribution is 6.31. The molecule has 1 aliphatic heterocycles. The average Bonchev–Trinajstić information content (AvgIpc) is 3.20. The van der Waals surface area contributed by atoms with Gasteiger partial charge >= 0.3 is 6.03 Å². The number of barbiturate groups is 1. The number of non-ortho nitro benzene ring substituents is 1. The van der Waals surface area contributed by atoms with Crippen LogP contribution in [-0.2, 0) is 9.59 Å². The molecule has 9 heteroatoms. The van der Waals surface area contributed by atoms with Crippen molar-refractivity contribution >= 4 is 29.6 Å². The van der Waals surface area contributed by atoms with Crippen LogP contribution in [0.15, 0.2) is 46.4 Å². The Morgan fingerprint density at radius 1 is 1.03 bits per heavy atom. The van der Waals surface area contributed by atoms with Gasteiger partial charge in [-0.1, -0.05) is 19.3 Å². The topological polar surface area (TPSA) is 123 Å². The summed E-state index contributed by atoms with van der Waals surface area (Å²) in [7, 11) is 0. The van der Waals surface area contributed by atoms with Crippen molar-refractivity contribution in [3.63, 3.8) is 0 Å². The van der Waals surface area contributed by atoms with Gasteiger partial charge in [0.05, 0.1) is 4.92 Å². The molecule has 4 amide bonds. The van der Waals surface area contributed by atoms with Crippen LogP contribution < -0.4 is 5.32 Å². The Morgan fingerprint density at radius 2 is 1.73 bits per heavy atom. The molecule has 0 bridgehead atoms. The van der Waals surface area contributed by atoms with E-state index in [0.717, 1.165) is 37.0 Å². The SMILES string of the molecule is O=C1NC(=O)N(C2CCCCC2)C(=O)C1=Cc1ccc(-c2ccc([N+](=O)[O-])cc2)o1. The Hall–Kier alpha value is -3.75. The van der Waals surface area contributed by atoms with Crippen molar-refractivity contribution in [2.45, 2.75) is 38.1 Å². The summed E-state index contributed by atoms with van der Waals surface area (Å²) >= 11 is 0. The molecular weight excluding hydrogens is 390 g/mol. The van der Waals surface area contributed by atoms with Crippen molar-refractivity contribution in [2.24, 2.45) is 0 Å². The number of furan rings is 1. The zero-order chi connectivity index (χ0) is 21.3. The normalized spacial score (nSPS) is 19.3. The van der Waals surface area contributed by atoms with Gasteiger partial charge < -0.3 is 4.42 Å². The minimum absolute atomic E-state index is 0.0374. The molecule has 9 nitrogen and oxygen atoms in total. The molecular formula is C21H19N3O6. The van der Waals surface area contributed by atoms with E-state index >= 15 is 0 Å². The molecule has 0 spiro atoms. The molecule has 1 aliphatic carbocycles. The zero-order valence-corrected chi connectivity index (χ0v) is 16.0. The summed E-state index contributed by atoms with van der Waals surface area (Å²) in [5, 5.41) is 13.0. The smallest absolute Gasteiger partial charge is 0.331 e. The third-order valence-corrected chi connectivity index (χ3v) is 5.35. The number of imide groups is 2. The minimum Gasteiger partial charge on any atom is -0.457 e. The van der Waals surface area contributed by atoms with Gasteiger partial charge in [0, 0.05) is 23.7 Å². The standard InChI is InChI=1S/C21H19N3O6/c25-19-17(20(26)23(21(27)22-19)14-4-2-1-3-5-14)12-16-10-11-18(30-16)13-6-8-15(9-7-13)24(28)29/h6-12,14H,1-5H2,(H,22,25,27). The van der Waals surface area contributed by atoms with Crippen LogP contribution in [0.3, 0.4) is 0 Å². The second kappa shape index (κ2) is 7.94. The number of nitrogens with one attached hydrogen (secondary N) is 1. The van der Waals surface area contributed by atoms with Crippen LogP contribution in [0, 0.1) is 10.1 Å². The van der Waals surface area contributed by atoms with E-state index in [2.05, 4.69) is 5.32 Å². The Labute approximate surface area is 171 Å². The molecule has 154 valence electrons. The summed E-state index contributed by atoms with van der Waals surface area (Å²) in [6, 6.07) is 8.17. The third-order valence-electron chi connectivity index (χ3n) is 5.35. The molecule has 0 radical (unpaired) electrons. The van der Waals surface area contributed by atoms with Crippen molar-refractivity contribution < 1.29 is 23.7 Å². The molecule has 2 heterocycles. The first kappa shape index (κ1) is 19.6. The molecule has 1 aromatic carbocycles. The second-order valence-electron chi connectivity index (χ2n) is 7.29. The van der Waals surface area contributed by atoms with Gasteiger partial charge in [0.15, 0.2) is 0 Å². The largest absolute Gasteiger partial charge is 0.457 e. The van der Waals surface area contributed by atoms with Gasteiger partial charge in [-0.2, -0.15) is 0 Å². The summed E-state index contributed by atoms with van der Waals surface area (Å²) < 4.78 is 5.70. The summed E-state index contributed by atoms with van der Waals surface area (Å²) in [4.78, 5) is 48.9. The number of benzene rings is 1. The lowest BCUT2D eigenvalue weighted by atomic mass is 9.93. The van der Waals surface area contributed by atoms with E-state index in [-0.39, 0.29) is 23.1 Å². The fourth-order valence-electron chi connectivity index (χ4n) is 3.82. The number of amides is 4. The van der Waals surface area contributed by atoms with E-state index in [9.17, 15) is 24.5 Å². The van der Waals surface area contributed by atoms with E-state index in [4.69, 9.17) is 4.42 Å². The van der Waals surface area contributed by atoms with Crippen LogP contribution in [0.5, 0.6) is 0 Å². The summed E-state index contributed by atoms with van der Waals surface area (Å²) in [6.45, 7) is 0. The van der Waals surface area contributed by atoms with Crippen molar-refractivity contribution in [1.29, 1.82) is 0 Å². The highest BCUT2D eigenvalue weighted by Gasteiger charge is 2.40. The molecule has 0 unspecified atom stereocenters. The van der Waals surface area contributed by atoms with Crippen molar-refractivity contribution in [2.75, 3.05) is 0 Å². The molecule has 2 aliphatic rings. The monoisotopic (exact) mass is 409 g/mol. The van der Waals surface area contributed by atoms with E-state index in [1.807, 2.05) is 0 Å². The maximum Gasteiger partial charge on any atom is 0.331 e. The first-order chi connectivity index (χ1) is 14.4. The fourth-order valence-corrected chi connectivity index (χ4v) is 3.82. The van der Waals surface area contributed by atoms with Gasteiger partial charge in [0.1, 0.15) is 17.1 Å². The lowest BCUT2D eigenvalue weighted by Crippen LogP contribution is -2.58. The number of carbonyl (C=O) groups excluding carboxylic acids is 3. The summed E-state index contributed by atoms with van der Waals surface area (Å²) in [5.74, 6) is -0.685. The Balaban J connectivity index is 1.59. The number of carbonyl (C=O) groups is 3. The van der Waals surface area contributed by atoms with E-state index in [1.54, 1.807) is 24.3 Å². The lowest BCUT2D eigenvalue weighted by Gasteiger charge is -2.35. The number of hydrogen-bond acceptors (Lipinski definition) is 6. The fraction of sp³-hybridized carbons (Fsp3) is 0.286. The van der Waals surface area contributed by atoms with Crippen LogP contribution in [0.1, 0.15) is 37.9 Å². The average molecular weight is 409 g/mol. The van der Waals surface area contributed by atoms with Crippen LogP contribution in [0.2, 0.25) is 0 Å². The highest BCUT2D eigenvalue weighted by Crippen LogP contribution is 2.28. The molecule has 1 N–H and O–H groups in total. The second-order valence-corrected chi connectivity index (χ2v) is 7.29. The molecule has 0 atom stereocenters. The van der Waals surface area contributed by atoms with Crippen molar-refractivity contribution in [1.82, 2.24) is 10.2 Å². The quantitative estimate of drug-likeness (QED) is 0.356. The maximum atomic E-state index is 12.9. The molecule has 30 heavy (non-hydrogen) atoms. The Kier molecular flexibility index (Phi) is 5.18.